The molecule has 0 unspecified atom stereocenters. The van der Waals surface area contributed by atoms with Gasteiger partial charge in [-0.05, 0) is 18.2 Å². The molecule has 0 saturated heterocycles. The molecule has 0 spiro atoms. The molecule has 0 fully saturated rings. The SMILES string of the molecule is O=C(CNC(=O)Nc1ccc(Cl)cc1F)NF. The second-order valence-corrected chi connectivity index (χ2v) is 3.39. The number of hydrogen-bond acceptors (Lipinski definition) is 2. The van der Waals surface area contributed by atoms with Gasteiger partial charge >= 0.3 is 6.03 Å². The summed E-state index contributed by atoms with van der Waals surface area (Å²) < 4.78 is 24.7. The summed E-state index contributed by atoms with van der Waals surface area (Å²) in [5, 5.41) is 4.34. The van der Waals surface area contributed by atoms with Gasteiger partial charge in [-0.3, -0.25) is 4.79 Å². The first kappa shape index (κ1) is 13.2. The fraction of sp³-hybridized carbons (Fsp3) is 0.111. The van der Waals surface area contributed by atoms with Crippen molar-refractivity contribution in [2.24, 2.45) is 0 Å². The molecule has 0 aliphatic carbocycles. The van der Waals surface area contributed by atoms with E-state index >= 15 is 0 Å². The molecule has 5 nitrogen and oxygen atoms in total. The zero-order valence-corrected chi connectivity index (χ0v) is 9.15. The third-order valence-corrected chi connectivity index (χ3v) is 1.93. The zero-order valence-electron chi connectivity index (χ0n) is 8.39. The third-order valence-electron chi connectivity index (χ3n) is 1.69. The van der Waals surface area contributed by atoms with Crippen molar-refractivity contribution in [3.05, 3.63) is 29.0 Å². The Morgan fingerprint density at radius 1 is 1.35 bits per heavy atom. The molecule has 3 N–H and O–H groups in total. The topological polar surface area (TPSA) is 70.2 Å². The van der Waals surface area contributed by atoms with Gasteiger partial charge in [0.15, 0.2) is 0 Å². The first-order chi connectivity index (χ1) is 8.02. The normalized spacial score (nSPS) is 9.59. The molecule has 0 saturated carbocycles. The van der Waals surface area contributed by atoms with E-state index in [0.29, 0.717) is 0 Å². The van der Waals surface area contributed by atoms with E-state index in [1.54, 1.807) is 0 Å². The van der Waals surface area contributed by atoms with E-state index < -0.39 is 24.3 Å². The Bertz CT molecular complexity index is 442. The Labute approximate surface area is 100 Å². The number of halogens is 3. The molecule has 17 heavy (non-hydrogen) atoms. The van der Waals surface area contributed by atoms with Crippen LogP contribution in [0.4, 0.5) is 19.4 Å². The van der Waals surface area contributed by atoms with Crippen LogP contribution in [0.3, 0.4) is 0 Å². The molecule has 0 heterocycles. The van der Waals surface area contributed by atoms with Gasteiger partial charge in [0.05, 0.1) is 5.69 Å². The molecule has 0 bridgehead atoms. The van der Waals surface area contributed by atoms with Crippen molar-refractivity contribution >= 4 is 29.2 Å². The number of benzene rings is 1. The van der Waals surface area contributed by atoms with Crippen LogP contribution < -0.4 is 16.2 Å². The van der Waals surface area contributed by atoms with Gasteiger partial charge < -0.3 is 10.6 Å². The number of amides is 3. The summed E-state index contributed by atoms with van der Waals surface area (Å²) in [6, 6.07) is 2.82. The first-order valence-corrected chi connectivity index (χ1v) is 4.80. The predicted octanol–water partition coefficient (Wildman–Crippen LogP) is 1.60. The van der Waals surface area contributed by atoms with Crippen LogP contribution in [-0.4, -0.2) is 18.5 Å². The molecule has 3 amide bonds. The maximum Gasteiger partial charge on any atom is 0.319 e. The van der Waals surface area contributed by atoms with Crippen LogP contribution in [0, 0.1) is 5.82 Å². The van der Waals surface area contributed by atoms with E-state index in [2.05, 4.69) is 5.32 Å². The fourth-order valence-electron chi connectivity index (χ4n) is 0.951. The van der Waals surface area contributed by atoms with Gasteiger partial charge in [-0.25, -0.2) is 9.18 Å². The lowest BCUT2D eigenvalue weighted by molar-refractivity contribution is -0.124. The highest BCUT2D eigenvalue weighted by atomic mass is 35.5. The van der Waals surface area contributed by atoms with E-state index in [-0.39, 0.29) is 10.7 Å². The third kappa shape index (κ3) is 4.23. The fourth-order valence-corrected chi connectivity index (χ4v) is 1.11. The van der Waals surface area contributed by atoms with Crippen LogP contribution in [0.15, 0.2) is 18.2 Å². The zero-order chi connectivity index (χ0) is 12.8. The van der Waals surface area contributed by atoms with Gasteiger partial charge in [-0.2, -0.15) is 5.54 Å². The summed E-state index contributed by atoms with van der Waals surface area (Å²) in [6.07, 6.45) is 0. The maximum atomic E-state index is 13.2. The highest BCUT2D eigenvalue weighted by molar-refractivity contribution is 6.30. The molecule has 0 aliphatic heterocycles. The molecule has 0 aromatic heterocycles. The van der Waals surface area contributed by atoms with Crippen molar-refractivity contribution in [1.82, 2.24) is 10.9 Å². The van der Waals surface area contributed by atoms with Crippen LogP contribution in [-0.2, 0) is 4.79 Å². The Hall–Kier alpha value is -1.89. The summed E-state index contributed by atoms with van der Waals surface area (Å²) in [4.78, 5) is 21.6. The van der Waals surface area contributed by atoms with Crippen LogP contribution >= 0.6 is 11.6 Å². The highest BCUT2D eigenvalue weighted by Crippen LogP contribution is 2.18. The number of anilines is 1. The van der Waals surface area contributed by atoms with Gasteiger partial charge in [-0.1, -0.05) is 11.6 Å². The lowest BCUT2D eigenvalue weighted by atomic mass is 10.3. The first-order valence-electron chi connectivity index (χ1n) is 4.42. The van der Waals surface area contributed by atoms with Crippen molar-refractivity contribution in [2.75, 3.05) is 11.9 Å². The van der Waals surface area contributed by atoms with Crippen molar-refractivity contribution in [1.29, 1.82) is 0 Å². The van der Waals surface area contributed by atoms with Gasteiger partial charge in [0.2, 0.25) is 0 Å². The Morgan fingerprint density at radius 2 is 2.06 bits per heavy atom. The monoisotopic (exact) mass is 263 g/mol. The second kappa shape index (κ2) is 6.00. The van der Waals surface area contributed by atoms with Gasteiger partial charge in [0.25, 0.3) is 5.91 Å². The van der Waals surface area contributed by atoms with Crippen LogP contribution in [0.5, 0.6) is 0 Å². The molecule has 1 aromatic carbocycles. The summed E-state index contributed by atoms with van der Waals surface area (Å²) in [7, 11) is 0. The number of carbonyl (C=O) groups excluding carboxylic acids is 2. The van der Waals surface area contributed by atoms with Gasteiger partial charge in [-0.15, -0.1) is 4.48 Å². The largest absolute Gasteiger partial charge is 0.329 e. The quantitative estimate of drug-likeness (QED) is 0.725. The Kier molecular flexibility index (Phi) is 4.65. The van der Waals surface area contributed by atoms with Crippen molar-refractivity contribution < 1.29 is 18.5 Å². The average Bonchev–Trinajstić information content (AvgIpc) is 2.29. The van der Waals surface area contributed by atoms with Crippen molar-refractivity contribution in [2.45, 2.75) is 0 Å². The number of rotatable bonds is 3. The van der Waals surface area contributed by atoms with E-state index in [4.69, 9.17) is 11.6 Å². The highest BCUT2D eigenvalue weighted by Gasteiger charge is 2.08. The molecular formula is C9H8ClF2N3O2. The van der Waals surface area contributed by atoms with E-state index in [1.165, 1.54) is 12.1 Å². The summed E-state index contributed by atoms with van der Waals surface area (Å²) in [5.41, 5.74) is 0.726. The Morgan fingerprint density at radius 3 is 2.65 bits per heavy atom. The van der Waals surface area contributed by atoms with Crippen LogP contribution in [0.2, 0.25) is 5.02 Å². The molecule has 1 rings (SSSR count). The number of urea groups is 1. The minimum atomic E-state index is -1.02. The van der Waals surface area contributed by atoms with Gasteiger partial charge in [0, 0.05) is 5.02 Å². The smallest absolute Gasteiger partial charge is 0.319 e. The molecule has 92 valence electrons. The lowest BCUT2D eigenvalue weighted by Gasteiger charge is -2.07. The lowest BCUT2D eigenvalue weighted by Crippen LogP contribution is -2.36. The summed E-state index contributed by atoms with van der Waals surface area (Å²) in [6.45, 7) is -0.558. The average molecular weight is 264 g/mol. The summed E-state index contributed by atoms with van der Waals surface area (Å²) >= 11 is 5.51. The van der Waals surface area contributed by atoms with Crippen LogP contribution in [0.1, 0.15) is 0 Å². The predicted molar refractivity (Wildman–Crippen MR) is 57.7 cm³/mol. The van der Waals surface area contributed by atoms with Crippen molar-refractivity contribution in [3.63, 3.8) is 0 Å². The minimum Gasteiger partial charge on any atom is -0.329 e. The molecular weight excluding hydrogens is 256 g/mol. The number of nitrogens with one attached hydrogen (secondary N) is 3. The maximum absolute atomic E-state index is 13.2. The minimum absolute atomic E-state index is 0.104. The van der Waals surface area contributed by atoms with Crippen LogP contribution in [0.25, 0.3) is 0 Å². The second-order valence-electron chi connectivity index (χ2n) is 2.95. The molecule has 8 heteroatoms. The molecule has 0 atom stereocenters. The van der Waals surface area contributed by atoms with E-state index in [1.807, 2.05) is 5.32 Å². The number of carbonyl (C=O) groups is 2. The Balaban J connectivity index is 2.53. The standard InChI is InChI=1S/C9H8ClF2N3O2/c10-5-1-2-7(6(11)3-5)14-9(17)13-4-8(16)15-12/h1-3H,4H2,(H,15,16)(H2,13,14,17). The van der Waals surface area contributed by atoms with E-state index in [9.17, 15) is 18.5 Å². The van der Waals surface area contributed by atoms with Crippen molar-refractivity contribution in [3.8, 4) is 0 Å². The summed E-state index contributed by atoms with van der Waals surface area (Å²) in [5.74, 6) is -1.74. The van der Waals surface area contributed by atoms with Gasteiger partial charge in [0.1, 0.15) is 12.4 Å². The number of hydrogen-bond donors (Lipinski definition) is 3. The van der Waals surface area contributed by atoms with E-state index in [0.717, 1.165) is 11.6 Å². The molecule has 0 aliphatic rings. The molecule has 0 radical (unpaired) electrons. The molecule has 1 aromatic rings.